The quantitative estimate of drug-likeness (QED) is 0.0798. The Bertz CT molecular complexity index is 3920. The van der Waals surface area contributed by atoms with Gasteiger partial charge in [0.1, 0.15) is 11.5 Å². The van der Waals surface area contributed by atoms with E-state index >= 15 is 0 Å². The summed E-state index contributed by atoms with van der Waals surface area (Å²) in [5.74, 6) is 2.94. The van der Waals surface area contributed by atoms with Gasteiger partial charge in [-0.2, -0.15) is 0 Å². The Kier molecular flexibility index (Phi) is 12.3. The Balaban J connectivity index is 1.02. The summed E-state index contributed by atoms with van der Waals surface area (Å²) in [6, 6.07) is 74.1. The highest BCUT2D eigenvalue weighted by molar-refractivity contribution is 6.27. The molecule has 2 atom stereocenters. The van der Waals surface area contributed by atoms with Crippen LogP contribution in [0.5, 0.6) is 11.5 Å². The van der Waals surface area contributed by atoms with Crippen LogP contribution in [-0.2, 0) is 5.41 Å². The zero-order chi connectivity index (χ0) is 50.6. The van der Waals surface area contributed by atoms with E-state index in [4.69, 9.17) is 9.47 Å². The topological polar surface area (TPSA) is 18.5 Å². The second-order valence-corrected chi connectivity index (χ2v) is 21.7. The minimum absolute atomic E-state index is 0.547. The number of benzene rings is 12. The van der Waals surface area contributed by atoms with Crippen molar-refractivity contribution in [1.82, 2.24) is 0 Å². The monoisotopic (exact) mass is 975 g/mol. The van der Waals surface area contributed by atoms with Crippen molar-refractivity contribution in [2.75, 3.05) is 13.2 Å². The van der Waals surface area contributed by atoms with Crippen molar-refractivity contribution in [2.24, 2.45) is 11.8 Å². The molecular formula is C73H66O2. The van der Waals surface area contributed by atoms with E-state index in [1.807, 2.05) is 0 Å². The molecule has 0 saturated heterocycles. The average molecular weight is 975 g/mol. The summed E-state index contributed by atoms with van der Waals surface area (Å²) in [7, 11) is 0. The molecule has 0 radical (unpaired) electrons. The molecule has 0 aromatic heterocycles. The first kappa shape index (κ1) is 47.1. The molecule has 0 spiro atoms. The number of unbranched alkanes of at least 4 members (excludes halogenated alkanes) is 2. The zero-order valence-corrected chi connectivity index (χ0v) is 44.0. The van der Waals surface area contributed by atoms with Crippen LogP contribution in [0, 0.1) is 11.8 Å². The summed E-state index contributed by atoms with van der Waals surface area (Å²) in [6.07, 6.45) is 9.53. The molecule has 370 valence electrons. The maximum atomic E-state index is 6.64. The molecular weight excluding hydrogens is 909 g/mol. The smallest absolute Gasteiger partial charge is 0.119 e. The van der Waals surface area contributed by atoms with Crippen LogP contribution < -0.4 is 9.47 Å². The molecule has 0 aliphatic heterocycles. The Labute approximate surface area is 442 Å². The molecule has 2 nitrogen and oxygen atoms in total. The first-order valence-electron chi connectivity index (χ1n) is 28.1. The van der Waals surface area contributed by atoms with Crippen molar-refractivity contribution in [1.29, 1.82) is 0 Å². The molecule has 0 amide bonds. The minimum atomic E-state index is -0.664. The van der Waals surface area contributed by atoms with Crippen molar-refractivity contribution in [3.8, 4) is 44.9 Å². The van der Waals surface area contributed by atoms with Gasteiger partial charge in [-0.15, -0.1) is 0 Å². The summed E-state index contributed by atoms with van der Waals surface area (Å²) in [6.45, 7) is 10.6. The number of hydrogen-bond donors (Lipinski definition) is 0. The van der Waals surface area contributed by atoms with E-state index < -0.39 is 5.41 Å². The van der Waals surface area contributed by atoms with Crippen molar-refractivity contribution in [2.45, 2.75) is 84.5 Å². The SMILES string of the molecule is CCCCC(CC)COc1ccc(C2(c3ccc(OCC(CC)CCCC)cc3)c3ccc(-c4ccc5ccc6cccc7ccc4c5c67)cc3-c3ccc(-c4ccc5ccc6cccc7ccc4c5c67)cc32)cc1. The Morgan fingerprint density at radius 2 is 0.773 bits per heavy atom. The van der Waals surface area contributed by atoms with Gasteiger partial charge in [0, 0.05) is 0 Å². The van der Waals surface area contributed by atoms with Gasteiger partial charge < -0.3 is 9.47 Å². The molecule has 0 fully saturated rings. The maximum absolute atomic E-state index is 6.64. The fourth-order valence-electron chi connectivity index (χ4n) is 13.3. The predicted octanol–water partition coefficient (Wildman–Crippen LogP) is 20.4. The van der Waals surface area contributed by atoms with E-state index in [9.17, 15) is 0 Å². The van der Waals surface area contributed by atoms with Crippen molar-refractivity contribution in [3.63, 3.8) is 0 Å². The van der Waals surface area contributed by atoms with Gasteiger partial charge in [-0.25, -0.2) is 0 Å². The van der Waals surface area contributed by atoms with Gasteiger partial charge in [-0.05, 0) is 181 Å². The zero-order valence-electron chi connectivity index (χ0n) is 44.0. The molecule has 0 N–H and O–H groups in total. The second-order valence-electron chi connectivity index (χ2n) is 21.7. The molecule has 0 heterocycles. The van der Waals surface area contributed by atoms with Crippen LogP contribution in [0.25, 0.3) is 98.0 Å². The first-order chi connectivity index (χ1) is 37.0. The van der Waals surface area contributed by atoms with Gasteiger partial charge in [0.05, 0.1) is 18.6 Å². The molecule has 12 aromatic rings. The number of ether oxygens (including phenoxy) is 2. The van der Waals surface area contributed by atoms with Crippen LogP contribution in [0.2, 0.25) is 0 Å². The van der Waals surface area contributed by atoms with Gasteiger partial charge in [-0.1, -0.05) is 224 Å². The molecule has 1 aliphatic rings. The van der Waals surface area contributed by atoms with Gasteiger partial charge in [0.15, 0.2) is 0 Å². The van der Waals surface area contributed by atoms with Crippen molar-refractivity contribution >= 4 is 64.6 Å². The maximum Gasteiger partial charge on any atom is 0.119 e. The Hall–Kier alpha value is -7.68. The summed E-state index contributed by atoms with van der Waals surface area (Å²) in [5, 5.41) is 15.6. The Morgan fingerprint density at radius 3 is 1.24 bits per heavy atom. The number of fused-ring (bicyclic) bond motifs is 3. The van der Waals surface area contributed by atoms with E-state index in [0.717, 1.165) is 37.6 Å². The average Bonchev–Trinajstić information content (AvgIpc) is 3.83. The lowest BCUT2D eigenvalue weighted by atomic mass is 9.67. The van der Waals surface area contributed by atoms with E-state index in [-0.39, 0.29) is 0 Å². The first-order valence-corrected chi connectivity index (χ1v) is 28.1. The molecule has 2 unspecified atom stereocenters. The molecule has 2 heteroatoms. The third-order valence-corrected chi connectivity index (χ3v) is 17.4. The fraction of sp³-hybridized carbons (Fsp3) is 0.233. The molecule has 75 heavy (non-hydrogen) atoms. The summed E-state index contributed by atoms with van der Waals surface area (Å²) in [4.78, 5) is 0. The van der Waals surface area contributed by atoms with Crippen LogP contribution in [0.1, 0.15) is 101 Å². The van der Waals surface area contributed by atoms with E-state index in [0.29, 0.717) is 11.8 Å². The van der Waals surface area contributed by atoms with E-state index in [1.54, 1.807) is 0 Å². The normalized spacial score (nSPS) is 15.1. The molecule has 0 saturated carbocycles. The predicted molar refractivity (Wildman–Crippen MR) is 320 cm³/mol. The lowest BCUT2D eigenvalue weighted by Gasteiger charge is -2.34. The van der Waals surface area contributed by atoms with Crippen LogP contribution in [-0.4, -0.2) is 13.2 Å². The van der Waals surface area contributed by atoms with Crippen LogP contribution >= 0.6 is 0 Å². The lowest BCUT2D eigenvalue weighted by molar-refractivity contribution is 0.233. The van der Waals surface area contributed by atoms with Gasteiger partial charge in [0.25, 0.3) is 0 Å². The molecule has 12 aromatic carbocycles. The highest BCUT2D eigenvalue weighted by atomic mass is 16.5. The minimum Gasteiger partial charge on any atom is -0.493 e. The van der Waals surface area contributed by atoms with Crippen LogP contribution in [0.4, 0.5) is 0 Å². The molecule has 13 rings (SSSR count). The van der Waals surface area contributed by atoms with Crippen molar-refractivity contribution in [3.05, 3.63) is 216 Å². The molecule has 1 aliphatic carbocycles. The summed E-state index contributed by atoms with van der Waals surface area (Å²) >= 11 is 0. The standard InChI is InChI=1S/C73H66O2/c1-5-9-13-47(7-3)45-74-59-33-29-57(30-34-59)73(58-31-35-60(36-32-58)75-46-48(8-4)14-10-6-2)67-42-28-55(61-37-23-53-21-19-49-15-11-17-51-25-40-64(61)71(53)69(49)51)43-66(67)63-39-27-56(44-68(63)73)62-38-24-54-22-20-50-16-12-18-52-26-41-65(62)72(54)70(50)52/h11-12,15-44,47-48H,5-10,13-14,45-46H2,1-4H3. The Morgan fingerprint density at radius 1 is 0.360 bits per heavy atom. The van der Waals surface area contributed by atoms with E-state index in [1.165, 1.54) is 159 Å². The van der Waals surface area contributed by atoms with Crippen molar-refractivity contribution < 1.29 is 9.47 Å². The molecule has 0 bridgehead atoms. The third kappa shape index (κ3) is 7.90. The summed E-state index contributed by atoms with van der Waals surface area (Å²) in [5.41, 5.74) is 11.8. The highest BCUT2D eigenvalue weighted by Crippen LogP contribution is 2.58. The second kappa shape index (κ2) is 19.5. The highest BCUT2D eigenvalue weighted by Gasteiger charge is 2.46. The van der Waals surface area contributed by atoms with E-state index in [2.05, 4.69) is 222 Å². The largest absolute Gasteiger partial charge is 0.493 e. The van der Waals surface area contributed by atoms with Crippen LogP contribution in [0.15, 0.2) is 194 Å². The van der Waals surface area contributed by atoms with Crippen LogP contribution in [0.3, 0.4) is 0 Å². The van der Waals surface area contributed by atoms with Gasteiger partial charge in [-0.3, -0.25) is 0 Å². The summed E-state index contributed by atoms with van der Waals surface area (Å²) < 4.78 is 13.3. The van der Waals surface area contributed by atoms with Gasteiger partial charge >= 0.3 is 0 Å². The van der Waals surface area contributed by atoms with Gasteiger partial charge in [0.2, 0.25) is 0 Å². The lowest BCUT2D eigenvalue weighted by Crippen LogP contribution is -2.28. The number of hydrogen-bond acceptors (Lipinski definition) is 2. The third-order valence-electron chi connectivity index (χ3n) is 17.4. The fourth-order valence-corrected chi connectivity index (χ4v) is 13.3. The number of rotatable bonds is 18.